The van der Waals surface area contributed by atoms with Gasteiger partial charge in [-0.2, -0.15) is 0 Å². The summed E-state index contributed by atoms with van der Waals surface area (Å²) in [6, 6.07) is 21.0. The normalized spacial score (nSPS) is 11.5. The number of hydrogen-bond donors (Lipinski definition) is 3. The summed E-state index contributed by atoms with van der Waals surface area (Å²) in [5.41, 5.74) is 2.12. The van der Waals surface area contributed by atoms with Crippen molar-refractivity contribution in [2.45, 2.75) is 26.0 Å². The van der Waals surface area contributed by atoms with E-state index in [0.29, 0.717) is 35.3 Å². The zero-order valence-corrected chi connectivity index (χ0v) is 20.2. The van der Waals surface area contributed by atoms with Gasteiger partial charge in [0.05, 0.1) is 19.6 Å². The number of hydrogen-bond acceptors (Lipinski definition) is 5. The molecule has 1 unspecified atom stereocenters. The van der Waals surface area contributed by atoms with Gasteiger partial charge in [0.15, 0.2) is 0 Å². The average molecular weight is 503 g/mol. The van der Waals surface area contributed by atoms with Gasteiger partial charge in [-0.15, -0.1) is 0 Å². The first kappa shape index (κ1) is 25.6. The van der Waals surface area contributed by atoms with Crippen molar-refractivity contribution in [3.63, 3.8) is 0 Å². The molecule has 0 radical (unpaired) electrons. The maximum atomic E-state index is 13.1. The van der Waals surface area contributed by atoms with E-state index < -0.39 is 11.9 Å². The van der Waals surface area contributed by atoms with Gasteiger partial charge in [-0.05, 0) is 61.0 Å². The Morgan fingerprint density at radius 1 is 0.973 bits per heavy atom. The van der Waals surface area contributed by atoms with Crippen molar-refractivity contribution in [1.82, 2.24) is 15.3 Å². The number of imidazole rings is 1. The molecule has 4 rings (SSSR count). The number of carbonyl (C=O) groups is 2. The average Bonchev–Trinajstić information content (AvgIpc) is 3.30. The predicted octanol–water partition coefficient (Wildman–Crippen LogP) is 4.53. The highest BCUT2D eigenvalue weighted by Gasteiger charge is 2.22. The first-order chi connectivity index (χ1) is 17.9. The van der Waals surface area contributed by atoms with Gasteiger partial charge >= 0.3 is 0 Å². The fraction of sp³-hybridized carbons (Fsp3) is 0.179. The molecule has 8 nitrogen and oxygen atoms in total. The lowest BCUT2D eigenvalue weighted by Crippen LogP contribution is -2.47. The van der Waals surface area contributed by atoms with Crippen molar-refractivity contribution < 1.29 is 23.5 Å². The summed E-state index contributed by atoms with van der Waals surface area (Å²) in [5.74, 6) is 0.610. The van der Waals surface area contributed by atoms with Gasteiger partial charge in [-0.3, -0.25) is 9.59 Å². The van der Waals surface area contributed by atoms with Crippen LogP contribution in [-0.4, -0.2) is 34.4 Å². The summed E-state index contributed by atoms with van der Waals surface area (Å²) in [4.78, 5) is 32.8. The molecule has 0 saturated carbocycles. The van der Waals surface area contributed by atoms with Crippen LogP contribution in [0.25, 0.3) is 0 Å². The minimum absolute atomic E-state index is 0.0137. The number of nitrogens with zero attached hydrogens (tertiary/aromatic N) is 1. The number of ether oxygens (including phenoxy) is 2. The zero-order chi connectivity index (χ0) is 26.0. The Hall–Kier alpha value is -4.50. The summed E-state index contributed by atoms with van der Waals surface area (Å²) < 4.78 is 24.5. The van der Waals surface area contributed by atoms with E-state index in [-0.39, 0.29) is 24.8 Å². The molecule has 3 aromatic carbocycles. The van der Waals surface area contributed by atoms with E-state index in [2.05, 4.69) is 20.6 Å². The second kappa shape index (κ2) is 12.5. The molecule has 1 aromatic heterocycles. The number of aromatic amines is 1. The van der Waals surface area contributed by atoms with Crippen molar-refractivity contribution in [2.75, 3.05) is 11.9 Å². The highest BCUT2D eigenvalue weighted by atomic mass is 19.1. The standard InChI is InChI=1S/C28H27FN4O4/c1-19-30-16-23(31-19)15-27(34)33-26(18-36-17-20-5-3-2-4-6-20)28(35)32-22-9-13-25(14-10-22)37-24-11-7-21(29)8-12-24/h2-14,16,26H,15,17-18H2,1H3,(H,30,31)(H,32,35)(H,33,34). The van der Waals surface area contributed by atoms with E-state index in [1.54, 1.807) is 37.4 Å². The van der Waals surface area contributed by atoms with Crippen molar-refractivity contribution in [3.05, 3.63) is 108 Å². The van der Waals surface area contributed by atoms with Crippen LogP contribution in [0.2, 0.25) is 0 Å². The third kappa shape index (κ3) is 8.01. The van der Waals surface area contributed by atoms with Crippen LogP contribution in [0.15, 0.2) is 85.1 Å². The van der Waals surface area contributed by atoms with Gasteiger partial charge in [-0.1, -0.05) is 30.3 Å². The van der Waals surface area contributed by atoms with E-state index in [9.17, 15) is 14.0 Å². The Balaban J connectivity index is 1.37. The van der Waals surface area contributed by atoms with Gasteiger partial charge in [-0.25, -0.2) is 9.37 Å². The summed E-state index contributed by atoms with van der Waals surface area (Å²) in [6.45, 7) is 2.08. The first-order valence-electron chi connectivity index (χ1n) is 11.7. The Bertz CT molecular complexity index is 1310. The molecule has 0 fully saturated rings. The van der Waals surface area contributed by atoms with Crippen LogP contribution >= 0.6 is 0 Å². The van der Waals surface area contributed by atoms with Crippen molar-refractivity contribution in [1.29, 1.82) is 0 Å². The number of aryl methyl sites for hydroxylation is 1. The lowest BCUT2D eigenvalue weighted by molar-refractivity contribution is -0.127. The molecular formula is C28H27FN4O4. The maximum absolute atomic E-state index is 13.1. The molecule has 2 amide bonds. The third-order valence-electron chi connectivity index (χ3n) is 5.33. The number of aromatic nitrogens is 2. The van der Waals surface area contributed by atoms with E-state index >= 15 is 0 Å². The van der Waals surface area contributed by atoms with Crippen LogP contribution in [0.3, 0.4) is 0 Å². The van der Waals surface area contributed by atoms with Crippen molar-refractivity contribution in [3.8, 4) is 11.5 Å². The number of carbonyl (C=O) groups excluding carboxylic acids is 2. The Kier molecular flexibility index (Phi) is 8.62. The highest BCUT2D eigenvalue weighted by Crippen LogP contribution is 2.23. The Morgan fingerprint density at radius 2 is 1.65 bits per heavy atom. The molecule has 0 aliphatic rings. The molecule has 1 atom stereocenters. The number of H-pyrrole nitrogens is 1. The van der Waals surface area contributed by atoms with Gasteiger partial charge in [0.2, 0.25) is 11.8 Å². The number of benzene rings is 3. The lowest BCUT2D eigenvalue weighted by Gasteiger charge is -2.19. The first-order valence-corrected chi connectivity index (χ1v) is 11.7. The largest absolute Gasteiger partial charge is 0.457 e. The van der Waals surface area contributed by atoms with Crippen LogP contribution in [0.1, 0.15) is 17.1 Å². The molecule has 3 N–H and O–H groups in total. The van der Waals surface area contributed by atoms with Gasteiger partial charge in [0, 0.05) is 17.6 Å². The summed E-state index contributed by atoms with van der Waals surface area (Å²) in [5, 5.41) is 5.55. The zero-order valence-electron chi connectivity index (χ0n) is 20.2. The number of rotatable bonds is 11. The molecular weight excluding hydrogens is 475 g/mol. The Labute approximate surface area is 213 Å². The smallest absolute Gasteiger partial charge is 0.249 e. The Morgan fingerprint density at radius 3 is 2.30 bits per heavy atom. The van der Waals surface area contributed by atoms with E-state index in [1.807, 2.05) is 30.3 Å². The topological polar surface area (TPSA) is 105 Å². The fourth-order valence-corrected chi connectivity index (χ4v) is 3.51. The van der Waals surface area contributed by atoms with E-state index in [0.717, 1.165) is 5.56 Å². The molecule has 0 saturated heterocycles. The van der Waals surface area contributed by atoms with Crippen molar-refractivity contribution >= 4 is 17.5 Å². The van der Waals surface area contributed by atoms with Crippen LogP contribution in [0.5, 0.6) is 11.5 Å². The number of nitrogens with one attached hydrogen (secondary N) is 3. The summed E-state index contributed by atoms with van der Waals surface area (Å²) >= 11 is 0. The predicted molar refractivity (Wildman–Crippen MR) is 137 cm³/mol. The van der Waals surface area contributed by atoms with Crippen LogP contribution in [0, 0.1) is 12.7 Å². The molecule has 4 aromatic rings. The monoisotopic (exact) mass is 502 g/mol. The number of halogens is 1. The van der Waals surface area contributed by atoms with E-state index in [1.165, 1.54) is 24.3 Å². The third-order valence-corrected chi connectivity index (χ3v) is 5.33. The lowest BCUT2D eigenvalue weighted by atomic mass is 10.2. The number of anilines is 1. The molecule has 0 spiro atoms. The van der Waals surface area contributed by atoms with Crippen molar-refractivity contribution in [2.24, 2.45) is 0 Å². The molecule has 37 heavy (non-hydrogen) atoms. The second-order valence-electron chi connectivity index (χ2n) is 8.36. The van der Waals surface area contributed by atoms with Crippen LogP contribution < -0.4 is 15.4 Å². The molecule has 0 bridgehead atoms. The molecule has 9 heteroatoms. The highest BCUT2D eigenvalue weighted by molar-refractivity contribution is 5.97. The second-order valence-corrected chi connectivity index (χ2v) is 8.36. The molecule has 190 valence electrons. The minimum atomic E-state index is -0.921. The number of amides is 2. The molecule has 0 aliphatic carbocycles. The van der Waals surface area contributed by atoms with Crippen LogP contribution in [-0.2, 0) is 27.4 Å². The minimum Gasteiger partial charge on any atom is -0.457 e. The summed E-state index contributed by atoms with van der Waals surface area (Å²) in [6.07, 6.45) is 1.64. The molecule has 1 heterocycles. The fourth-order valence-electron chi connectivity index (χ4n) is 3.51. The van der Waals surface area contributed by atoms with Gasteiger partial charge in [0.25, 0.3) is 0 Å². The quantitative estimate of drug-likeness (QED) is 0.279. The summed E-state index contributed by atoms with van der Waals surface area (Å²) in [7, 11) is 0. The van der Waals surface area contributed by atoms with Gasteiger partial charge < -0.3 is 25.1 Å². The van der Waals surface area contributed by atoms with Gasteiger partial charge in [0.1, 0.15) is 29.2 Å². The SMILES string of the molecule is Cc1ncc(CC(=O)NC(COCc2ccccc2)C(=O)Nc2ccc(Oc3ccc(F)cc3)cc2)[nH]1. The molecule has 0 aliphatic heterocycles. The van der Waals surface area contributed by atoms with Crippen LogP contribution in [0.4, 0.5) is 10.1 Å². The maximum Gasteiger partial charge on any atom is 0.249 e. The van der Waals surface area contributed by atoms with E-state index in [4.69, 9.17) is 9.47 Å².